The van der Waals surface area contributed by atoms with E-state index < -0.39 is 31.7 Å². The number of carbonyl (C=O) groups is 1. The zero-order valence-corrected chi connectivity index (χ0v) is 15.1. The van der Waals surface area contributed by atoms with Crippen LogP contribution in [0.5, 0.6) is 5.75 Å². The van der Waals surface area contributed by atoms with E-state index in [1.54, 1.807) is 0 Å². The minimum Gasteiger partial charge on any atom is -0.506 e. The second kappa shape index (κ2) is 6.58. The van der Waals surface area contributed by atoms with E-state index in [-0.39, 0.29) is 34.3 Å². The van der Waals surface area contributed by atoms with Crippen LogP contribution in [0.1, 0.15) is 19.3 Å². The lowest BCUT2D eigenvalue weighted by Gasteiger charge is -2.17. The number of hydrogen-bond acceptors (Lipinski definition) is 6. The van der Waals surface area contributed by atoms with Gasteiger partial charge in [0.25, 0.3) is 0 Å². The van der Waals surface area contributed by atoms with Crippen LogP contribution >= 0.6 is 0 Å². The molecule has 0 bridgehead atoms. The maximum absolute atomic E-state index is 12.6. The van der Waals surface area contributed by atoms with Gasteiger partial charge in [0.2, 0.25) is 15.9 Å². The fourth-order valence-electron chi connectivity index (χ4n) is 3.09. The fourth-order valence-corrected chi connectivity index (χ4v) is 6.38. The topological polar surface area (TPSA) is 121 Å². The van der Waals surface area contributed by atoms with Crippen molar-refractivity contribution >= 4 is 31.5 Å². The third kappa shape index (κ3) is 3.80. The number of aromatic hydroxyl groups is 1. The van der Waals surface area contributed by atoms with E-state index in [1.807, 2.05) is 0 Å². The van der Waals surface area contributed by atoms with Crippen LogP contribution in [0.15, 0.2) is 23.1 Å². The van der Waals surface area contributed by atoms with E-state index in [0.717, 1.165) is 12.8 Å². The van der Waals surface area contributed by atoms with Crippen LogP contribution in [0, 0.1) is 5.92 Å². The molecule has 138 valence electrons. The number of anilines is 1. The Morgan fingerprint density at radius 1 is 1.24 bits per heavy atom. The summed E-state index contributed by atoms with van der Waals surface area (Å²) in [5, 5.41) is 12.4. The molecule has 2 heterocycles. The number of nitrogens with zero attached hydrogens (tertiary/aromatic N) is 1. The van der Waals surface area contributed by atoms with Crippen LogP contribution in [0.25, 0.3) is 0 Å². The monoisotopic (exact) mass is 388 g/mol. The number of hydrogen-bond donors (Lipinski definition) is 2. The molecule has 2 saturated heterocycles. The lowest BCUT2D eigenvalue weighted by molar-refractivity contribution is -0.119. The summed E-state index contributed by atoms with van der Waals surface area (Å²) in [5.41, 5.74) is -0.0328. The zero-order chi connectivity index (χ0) is 18.2. The molecule has 2 aliphatic heterocycles. The van der Waals surface area contributed by atoms with Crippen molar-refractivity contribution in [2.75, 3.05) is 29.9 Å². The summed E-state index contributed by atoms with van der Waals surface area (Å²) in [7, 11) is -6.89. The van der Waals surface area contributed by atoms with Crippen LogP contribution < -0.4 is 5.32 Å². The molecule has 0 aromatic heterocycles. The largest absolute Gasteiger partial charge is 0.506 e. The first-order valence-corrected chi connectivity index (χ1v) is 11.3. The molecule has 0 radical (unpaired) electrons. The van der Waals surface area contributed by atoms with Crippen molar-refractivity contribution in [3.05, 3.63) is 18.2 Å². The Bertz CT molecular complexity index is 889. The first kappa shape index (κ1) is 18.2. The molecule has 10 heteroatoms. The number of sulfone groups is 1. The van der Waals surface area contributed by atoms with Gasteiger partial charge in [-0.3, -0.25) is 4.79 Å². The summed E-state index contributed by atoms with van der Waals surface area (Å²) < 4.78 is 49.5. The summed E-state index contributed by atoms with van der Waals surface area (Å²) in [4.78, 5) is 12.2. The average molecular weight is 388 g/mol. The highest BCUT2D eigenvalue weighted by Crippen LogP contribution is 2.30. The maximum atomic E-state index is 12.6. The summed E-state index contributed by atoms with van der Waals surface area (Å²) in [5.74, 6) is -1.77. The first-order valence-electron chi connectivity index (χ1n) is 8.03. The van der Waals surface area contributed by atoms with Crippen molar-refractivity contribution in [1.82, 2.24) is 4.31 Å². The minimum absolute atomic E-state index is 0.0125. The Labute approximate surface area is 146 Å². The SMILES string of the molecule is O=C(Nc1cc(S(=O)(=O)N2CCCC2)ccc1O)C1CCS(=O)(=O)C1. The van der Waals surface area contributed by atoms with E-state index in [1.165, 1.54) is 22.5 Å². The van der Waals surface area contributed by atoms with Gasteiger partial charge in [0.05, 0.1) is 28.0 Å². The Kier molecular flexibility index (Phi) is 4.78. The molecule has 1 aromatic rings. The quantitative estimate of drug-likeness (QED) is 0.727. The summed E-state index contributed by atoms with van der Waals surface area (Å²) in [6.45, 7) is 0.898. The number of rotatable bonds is 4. The number of sulfonamides is 1. The summed E-state index contributed by atoms with van der Waals surface area (Å²) in [6.07, 6.45) is 1.83. The van der Waals surface area contributed by atoms with E-state index in [4.69, 9.17) is 0 Å². The number of carbonyl (C=O) groups excluding carboxylic acids is 1. The van der Waals surface area contributed by atoms with Crippen LogP contribution in [0.3, 0.4) is 0 Å². The minimum atomic E-state index is -3.68. The van der Waals surface area contributed by atoms with Crippen LogP contribution in [-0.4, -0.2) is 56.7 Å². The highest BCUT2D eigenvalue weighted by Gasteiger charge is 2.33. The van der Waals surface area contributed by atoms with Gasteiger partial charge in [-0.15, -0.1) is 0 Å². The van der Waals surface area contributed by atoms with Crippen LogP contribution in [-0.2, 0) is 24.7 Å². The van der Waals surface area contributed by atoms with Gasteiger partial charge in [-0.2, -0.15) is 4.31 Å². The van der Waals surface area contributed by atoms with Crippen molar-refractivity contribution in [2.45, 2.75) is 24.2 Å². The second-order valence-electron chi connectivity index (χ2n) is 6.38. The van der Waals surface area contributed by atoms with Gasteiger partial charge in [-0.25, -0.2) is 16.8 Å². The van der Waals surface area contributed by atoms with Gasteiger partial charge in [-0.1, -0.05) is 0 Å². The number of phenols is 1. The molecule has 2 aliphatic rings. The van der Waals surface area contributed by atoms with E-state index >= 15 is 0 Å². The predicted octanol–water partition coefficient (Wildman–Crippen LogP) is 0.550. The average Bonchev–Trinajstić information content (AvgIpc) is 3.19. The standard InChI is InChI=1S/C15H20N2O6S2/c18-14-4-3-12(25(22,23)17-6-1-2-7-17)9-13(14)16-15(19)11-5-8-24(20,21)10-11/h3-4,9,11,18H,1-2,5-8,10H2,(H,16,19). The lowest BCUT2D eigenvalue weighted by Crippen LogP contribution is -2.28. The van der Waals surface area contributed by atoms with Gasteiger partial charge in [0.15, 0.2) is 9.84 Å². The Morgan fingerprint density at radius 2 is 1.92 bits per heavy atom. The van der Waals surface area contributed by atoms with Crippen molar-refractivity contribution in [2.24, 2.45) is 5.92 Å². The van der Waals surface area contributed by atoms with Gasteiger partial charge in [0.1, 0.15) is 5.75 Å². The molecule has 0 spiro atoms. The molecule has 0 saturated carbocycles. The van der Waals surface area contributed by atoms with Crippen molar-refractivity contribution in [1.29, 1.82) is 0 Å². The van der Waals surface area contributed by atoms with Crippen molar-refractivity contribution in [3.63, 3.8) is 0 Å². The van der Waals surface area contributed by atoms with Crippen LogP contribution in [0.2, 0.25) is 0 Å². The van der Waals surface area contributed by atoms with Crippen molar-refractivity contribution in [3.8, 4) is 5.75 Å². The molecule has 1 amide bonds. The maximum Gasteiger partial charge on any atom is 0.243 e. The van der Waals surface area contributed by atoms with Gasteiger partial charge < -0.3 is 10.4 Å². The van der Waals surface area contributed by atoms with E-state index in [9.17, 15) is 26.7 Å². The summed E-state index contributed by atoms with van der Waals surface area (Å²) >= 11 is 0. The third-order valence-corrected chi connectivity index (χ3v) is 8.19. The highest BCUT2D eigenvalue weighted by molar-refractivity contribution is 7.91. The first-order chi connectivity index (χ1) is 11.7. The Balaban J connectivity index is 1.81. The lowest BCUT2D eigenvalue weighted by atomic mass is 10.1. The molecule has 25 heavy (non-hydrogen) atoms. The third-order valence-electron chi connectivity index (χ3n) is 4.53. The van der Waals surface area contributed by atoms with Gasteiger partial charge in [0, 0.05) is 13.1 Å². The molecule has 1 aromatic carbocycles. The zero-order valence-electron chi connectivity index (χ0n) is 13.5. The molecule has 0 aliphatic carbocycles. The highest BCUT2D eigenvalue weighted by atomic mass is 32.2. The summed E-state index contributed by atoms with van der Waals surface area (Å²) in [6, 6.07) is 3.72. The normalized spacial score (nSPS) is 23.6. The predicted molar refractivity (Wildman–Crippen MR) is 91.5 cm³/mol. The molecule has 1 atom stereocenters. The number of benzene rings is 1. The van der Waals surface area contributed by atoms with Gasteiger partial charge in [-0.05, 0) is 37.5 Å². The number of amides is 1. The van der Waals surface area contributed by atoms with E-state index in [2.05, 4.69) is 5.32 Å². The molecular formula is C15H20N2O6S2. The molecule has 3 rings (SSSR count). The number of phenolic OH excluding ortho intramolecular Hbond substituents is 1. The van der Waals surface area contributed by atoms with E-state index in [0.29, 0.717) is 13.1 Å². The molecular weight excluding hydrogens is 368 g/mol. The fraction of sp³-hybridized carbons (Fsp3) is 0.533. The molecule has 8 nitrogen and oxygen atoms in total. The molecule has 2 fully saturated rings. The Hall–Kier alpha value is -1.65. The smallest absolute Gasteiger partial charge is 0.243 e. The van der Waals surface area contributed by atoms with Gasteiger partial charge >= 0.3 is 0 Å². The number of nitrogens with one attached hydrogen (secondary N) is 1. The second-order valence-corrected chi connectivity index (χ2v) is 10.5. The van der Waals surface area contributed by atoms with Crippen LogP contribution in [0.4, 0.5) is 5.69 Å². The van der Waals surface area contributed by atoms with Crippen molar-refractivity contribution < 1.29 is 26.7 Å². The molecule has 2 N–H and O–H groups in total. The molecule has 1 unspecified atom stereocenters. The Morgan fingerprint density at radius 3 is 2.52 bits per heavy atom.